The van der Waals surface area contributed by atoms with Gasteiger partial charge in [-0.1, -0.05) is 0 Å². The smallest absolute Gasteiger partial charge is 0.262 e. The Hall–Kier alpha value is -2.67. The number of ether oxygens (including phenoxy) is 1. The van der Waals surface area contributed by atoms with E-state index in [9.17, 15) is 4.79 Å². The quantitative estimate of drug-likeness (QED) is 0.782. The molecule has 0 aliphatic carbocycles. The first-order valence-electron chi connectivity index (χ1n) is 6.56. The highest BCUT2D eigenvalue weighted by Crippen LogP contribution is 2.23. The SMILES string of the molecule is Cc1cc(OCC(=O)Nc2ccc(-c3nccs3)cc2)no1. The van der Waals surface area contributed by atoms with Crippen molar-refractivity contribution in [3.63, 3.8) is 0 Å². The number of aryl methyl sites for hydroxylation is 1. The molecule has 6 nitrogen and oxygen atoms in total. The number of hydrogen-bond acceptors (Lipinski definition) is 6. The third-order valence-electron chi connectivity index (χ3n) is 2.81. The maximum atomic E-state index is 11.8. The number of carbonyl (C=O) groups excluding carboxylic acids is 1. The molecule has 0 unspecified atom stereocenters. The lowest BCUT2D eigenvalue weighted by Gasteiger charge is -2.06. The van der Waals surface area contributed by atoms with E-state index >= 15 is 0 Å². The second-order valence-electron chi connectivity index (χ2n) is 4.53. The number of nitrogens with one attached hydrogen (secondary N) is 1. The molecule has 112 valence electrons. The Morgan fingerprint density at radius 1 is 1.36 bits per heavy atom. The lowest BCUT2D eigenvalue weighted by Crippen LogP contribution is -2.20. The van der Waals surface area contributed by atoms with Crippen molar-refractivity contribution in [2.45, 2.75) is 6.92 Å². The Bertz CT molecular complexity index is 751. The van der Waals surface area contributed by atoms with Crippen molar-refractivity contribution >= 4 is 22.9 Å². The first-order valence-corrected chi connectivity index (χ1v) is 7.44. The highest BCUT2D eigenvalue weighted by molar-refractivity contribution is 7.13. The molecule has 1 amide bonds. The van der Waals surface area contributed by atoms with Gasteiger partial charge in [-0.3, -0.25) is 4.79 Å². The van der Waals surface area contributed by atoms with E-state index in [2.05, 4.69) is 15.5 Å². The fourth-order valence-electron chi connectivity index (χ4n) is 1.81. The molecule has 22 heavy (non-hydrogen) atoms. The van der Waals surface area contributed by atoms with E-state index in [0.717, 1.165) is 10.6 Å². The molecule has 0 aliphatic heterocycles. The van der Waals surface area contributed by atoms with Gasteiger partial charge < -0.3 is 14.6 Å². The summed E-state index contributed by atoms with van der Waals surface area (Å²) in [6, 6.07) is 9.10. The number of aromatic nitrogens is 2. The fraction of sp³-hybridized carbons (Fsp3) is 0.133. The Morgan fingerprint density at radius 3 is 2.82 bits per heavy atom. The second kappa shape index (κ2) is 6.40. The zero-order valence-electron chi connectivity index (χ0n) is 11.8. The first-order chi connectivity index (χ1) is 10.7. The Labute approximate surface area is 130 Å². The van der Waals surface area contributed by atoms with Gasteiger partial charge in [0, 0.05) is 28.9 Å². The lowest BCUT2D eigenvalue weighted by molar-refractivity contribution is -0.118. The van der Waals surface area contributed by atoms with E-state index in [0.29, 0.717) is 17.3 Å². The Balaban J connectivity index is 1.55. The van der Waals surface area contributed by atoms with Gasteiger partial charge in [-0.25, -0.2) is 4.98 Å². The highest BCUT2D eigenvalue weighted by atomic mass is 32.1. The molecule has 7 heteroatoms. The number of thiazole rings is 1. The maximum absolute atomic E-state index is 11.8. The van der Waals surface area contributed by atoms with Crippen molar-refractivity contribution in [1.29, 1.82) is 0 Å². The number of amides is 1. The molecular weight excluding hydrogens is 302 g/mol. The van der Waals surface area contributed by atoms with Crippen molar-refractivity contribution in [1.82, 2.24) is 10.1 Å². The van der Waals surface area contributed by atoms with Gasteiger partial charge >= 0.3 is 0 Å². The van der Waals surface area contributed by atoms with Gasteiger partial charge in [-0.15, -0.1) is 11.3 Å². The standard InChI is InChI=1S/C15H13N3O3S/c1-10-8-14(18-21-10)20-9-13(19)17-12-4-2-11(3-5-12)15-16-6-7-22-15/h2-8H,9H2,1H3,(H,17,19). The number of anilines is 1. The molecule has 0 bridgehead atoms. The molecule has 1 aromatic carbocycles. The van der Waals surface area contributed by atoms with E-state index in [-0.39, 0.29) is 12.5 Å². The van der Waals surface area contributed by atoms with Crippen LogP contribution in [0.25, 0.3) is 10.6 Å². The van der Waals surface area contributed by atoms with Crippen LogP contribution in [-0.2, 0) is 4.79 Å². The molecule has 0 fully saturated rings. The van der Waals surface area contributed by atoms with Crippen LogP contribution in [0.4, 0.5) is 5.69 Å². The van der Waals surface area contributed by atoms with Gasteiger partial charge in [0.05, 0.1) is 0 Å². The molecular formula is C15H13N3O3S. The molecule has 3 rings (SSSR count). The minimum Gasteiger partial charge on any atom is -0.465 e. The summed E-state index contributed by atoms with van der Waals surface area (Å²) in [7, 11) is 0. The average molecular weight is 315 g/mol. The third kappa shape index (κ3) is 3.50. The van der Waals surface area contributed by atoms with E-state index in [1.54, 1.807) is 30.5 Å². The average Bonchev–Trinajstić information content (AvgIpc) is 3.17. The van der Waals surface area contributed by atoms with Crippen LogP contribution in [0.1, 0.15) is 5.76 Å². The summed E-state index contributed by atoms with van der Waals surface area (Å²) >= 11 is 1.57. The van der Waals surface area contributed by atoms with Crippen LogP contribution in [0, 0.1) is 6.92 Å². The van der Waals surface area contributed by atoms with Gasteiger partial charge in [0.15, 0.2) is 6.61 Å². The second-order valence-corrected chi connectivity index (χ2v) is 5.42. The molecule has 0 atom stereocenters. The van der Waals surface area contributed by atoms with Crippen molar-refractivity contribution in [3.05, 3.63) is 47.7 Å². The topological polar surface area (TPSA) is 77.2 Å². The van der Waals surface area contributed by atoms with Crippen LogP contribution < -0.4 is 10.1 Å². The number of hydrogen-bond donors (Lipinski definition) is 1. The number of benzene rings is 1. The molecule has 0 saturated carbocycles. The maximum Gasteiger partial charge on any atom is 0.262 e. The molecule has 0 spiro atoms. The van der Waals surface area contributed by atoms with Crippen molar-refractivity contribution in [2.75, 3.05) is 11.9 Å². The monoisotopic (exact) mass is 315 g/mol. The van der Waals surface area contributed by atoms with E-state index in [4.69, 9.17) is 9.26 Å². The third-order valence-corrected chi connectivity index (χ3v) is 3.63. The van der Waals surface area contributed by atoms with Crippen LogP contribution in [0.5, 0.6) is 5.88 Å². The minimum atomic E-state index is -0.261. The summed E-state index contributed by atoms with van der Waals surface area (Å²) in [4.78, 5) is 16.0. The molecule has 0 saturated heterocycles. The lowest BCUT2D eigenvalue weighted by atomic mass is 10.2. The van der Waals surface area contributed by atoms with Crippen molar-refractivity contribution < 1.29 is 14.1 Å². The normalized spacial score (nSPS) is 10.4. The van der Waals surface area contributed by atoms with Crippen LogP contribution >= 0.6 is 11.3 Å². The molecule has 3 aromatic rings. The summed E-state index contributed by atoms with van der Waals surface area (Å²) in [6.45, 7) is 1.63. The fourth-order valence-corrected chi connectivity index (χ4v) is 2.45. The molecule has 2 aromatic heterocycles. The van der Waals surface area contributed by atoms with Gasteiger partial charge in [0.2, 0.25) is 0 Å². The zero-order chi connectivity index (χ0) is 15.4. The van der Waals surface area contributed by atoms with Crippen LogP contribution in [-0.4, -0.2) is 22.7 Å². The molecule has 0 aliphatic rings. The van der Waals surface area contributed by atoms with Gasteiger partial charge in [0.1, 0.15) is 10.8 Å². The zero-order valence-corrected chi connectivity index (χ0v) is 12.6. The van der Waals surface area contributed by atoms with Gasteiger partial charge in [-0.2, -0.15) is 0 Å². The predicted molar refractivity (Wildman–Crippen MR) is 82.9 cm³/mol. The van der Waals surface area contributed by atoms with E-state index < -0.39 is 0 Å². The largest absolute Gasteiger partial charge is 0.465 e. The number of rotatable bonds is 5. The van der Waals surface area contributed by atoms with Crippen LogP contribution in [0.15, 0.2) is 46.4 Å². The minimum absolute atomic E-state index is 0.125. The van der Waals surface area contributed by atoms with Gasteiger partial charge in [-0.05, 0) is 36.3 Å². The van der Waals surface area contributed by atoms with Crippen molar-refractivity contribution in [2.24, 2.45) is 0 Å². The summed E-state index contributed by atoms with van der Waals surface area (Å²) in [6.07, 6.45) is 1.76. The van der Waals surface area contributed by atoms with E-state index in [1.165, 1.54) is 0 Å². The molecule has 0 radical (unpaired) electrons. The van der Waals surface area contributed by atoms with Crippen LogP contribution in [0.3, 0.4) is 0 Å². The van der Waals surface area contributed by atoms with Crippen LogP contribution in [0.2, 0.25) is 0 Å². The first kappa shape index (κ1) is 14.3. The van der Waals surface area contributed by atoms with Gasteiger partial charge in [0.25, 0.3) is 11.8 Å². The summed E-state index contributed by atoms with van der Waals surface area (Å²) in [5.41, 5.74) is 1.72. The summed E-state index contributed by atoms with van der Waals surface area (Å²) in [5, 5.41) is 9.28. The van der Waals surface area contributed by atoms with E-state index in [1.807, 2.05) is 29.6 Å². The number of nitrogens with zero attached hydrogens (tertiary/aromatic N) is 2. The predicted octanol–water partition coefficient (Wildman–Crippen LogP) is 3.12. The highest BCUT2D eigenvalue weighted by Gasteiger charge is 2.07. The molecule has 2 heterocycles. The summed E-state index contributed by atoms with van der Waals surface area (Å²) < 4.78 is 10.1. The Kier molecular flexibility index (Phi) is 4.15. The number of carbonyl (C=O) groups is 1. The summed E-state index contributed by atoms with van der Waals surface area (Å²) in [5.74, 6) is 0.669. The Morgan fingerprint density at radius 2 is 2.18 bits per heavy atom. The van der Waals surface area contributed by atoms with Crippen molar-refractivity contribution in [3.8, 4) is 16.5 Å². The molecule has 1 N–H and O–H groups in total.